The zero-order valence-electron chi connectivity index (χ0n) is 60.2. The monoisotopic (exact) mass is 1430 g/mol. The molecule has 12 heteroatoms. The van der Waals surface area contributed by atoms with E-state index in [1.165, 1.54) is 0 Å². The maximum Gasteiger partial charge on any atom is 0.164 e. The van der Waals surface area contributed by atoms with Gasteiger partial charge in [-0.2, -0.15) is 0 Å². The lowest BCUT2D eigenvalue weighted by Crippen LogP contribution is -2.03. The minimum Gasteiger partial charge on any atom is -0.290 e. The van der Waals surface area contributed by atoms with Crippen molar-refractivity contribution in [2.45, 2.75) is 0 Å². The van der Waals surface area contributed by atoms with E-state index in [2.05, 4.69) is 258 Å². The molecule has 6 heterocycles. The maximum atomic E-state index is 5.50. The predicted octanol–water partition coefficient (Wildman–Crippen LogP) is 24.1. The van der Waals surface area contributed by atoms with Gasteiger partial charge < -0.3 is 0 Å². The molecule has 0 saturated heterocycles. The molecule has 0 radical (unpaired) electrons. The van der Waals surface area contributed by atoms with Gasteiger partial charge in [-0.25, -0.2) is 44.9 Å². The third-order valence-electron chi connectivity index (χ3n) is 21.1. The van der Waals surface area contributed by atoms with E-state index in [9.17, 15) is 0 Å². The second-order valence-corrected chi connectivity index (χ2v) is 27.8. The quantitative estimate of drug-likeness (QED) is 0.0967. The number of para-hydroxylation sites is 4. The Kier molecular flexibility index (Phi) is 15.9. The number of hydrogen-bond donors (Lipinski definition) is 0. The lowest BCUT2D eigenvalue weighted by molar-refractivity contribution is 1.07. The first-order valence-electron chi connectivity index (χ1n) is 37.4. The van der Waals surface area contributed by atoms with Crippen LogP contribution in [0.3, 0.4) is 0 Å². The summed E-state index contributed by atoms with van der Waals surface area (Å²) in [5.74, 6) is 5.10. The highest BCUT2D eigenvalue weighted by atomic mass is 15.1. The van der Waals surface area contributed by atoms with Gasteiger partial charge in [0.05, 0.1) is 39.1 Å². The van der Waals surface area contributed by atoms with Crippen molar-refractivity contribution in [3.05, 3.63) is 376 Å². The van der Waals surface area contributed by atoms with Crippen LogP contribution in [-0.2, 0) is 0 Å². The maximum absolute atomic E-state index is 5.50. The van der Waals surface area contributed by atoms with Gasteiger partial charge in [0.25, 0.3) is 0 Å². The summed E-state index contributed by atoms with van der Waals surface area (Å²) in [6.07, 6.45) is 1.83. The van der Waals surface area contributed by atoms with E-state index in [1.807, 2.05) is 128 Å². The number of fused-ring (bicyclic) bond motifs is 6. The molecule has 0 atom stereocenters. The summed E-state index contributed by atoms with van der Waals surface area (Å²) < 4.78 is 4.60. The zero-order valence-corrected chi connectivity index (χ0v) is 60.2. The predicted molar refractivity (Wildman–Crippen MR) is 453 cm³/mol. The fourth-order valence-corrected chi connectivity index (χ4v) is 15.9. The van der Waals surface area contributed by atoms with Crippen molar-refractivity contribution < 1.29 is 0 Å². The summed E-state index contributed by atoms with van der Waals surface area (Å²) in [5, 5.41) is 8.81. The van der Waals surface area contributed by atoms with Crippen LogP contribution in [0.5, 0.6) is 0 Å². The summed E-state index contributed by atoms with van der Waals surface area (Å²) in [7, 11) is 0. The van der Waals surface area contributed by atoms with Crippen molar-refractivity contribution in [1.29, 1.82) is 0 Å². The highest BCUT2D eigenvalue weighted by Gasteiger charge is 2.26. The minimum absolute atomic E-state index is 0.570. The van der Waals surface area contributed by atoms with Crippen molar-refractivity contribution in [1.82, 2.24) is 59.0 Å². The molecule has 0 amide bonds. The van der Waals surface area contributed by atoms with Crippen LogP contribution in [-0.4, -0.2) is 59.0 Å². The lowest BCUT2D eigenvalue weighted by Gasteiger charge is -2.20. The summed E-state index contributed by atoms with van der Waals surface area (Å²) in [4.78, 5) is 51.6. The van der Waals surface area contributed by atoms with Gasteiger partial charge in [0.1, 0.15) is 11.4 Å². The molecule has 0 spiro atoms. The summed E-state index contributed by atoms with van der Waals surface area (Å²) in [5.41, 5.74) is 21.0. The molecule has 21 aromatic rings. The third kappa shape index (κ3) is 11.5. The van der Waals surface area contributed by atoms with E-state index in [1.54, 1.807) is 0 Å². The lowest BCUT2D eigenvalue weighted by atomic mass is 9.90. The molecule has 0 saturated carbocycles. The average Bonchev–Trinajstić information content (AvgIpc) is 1.54. The molecule has 112 heavy (non-hydrogen) atoms. The van der Waals surface area contributed by atoms with Crippen LogP contribution in [0.15, 0.2) is 376 Å². The van der Waals surface area contributed by atoms with Crippen molar-refractivity contribution in [3.8, 4) is 147 Å². The van der Waals surface area contributed by atoms with E-state index in [0.29, 0.717) is 34.9 Å². The number of benzene rings is 15. The van der Waals surface area contributed by atoms with Gasteiger partial charge >= 0.3 is 0 Å². The third-order valence-corrected chi connectivity index (χ3v) is 21.1. The molecular weight excluding hydrogens is 1370 g/mol. The zero-order chi connectivity index (χ0) is 74.0. The van der Waals surface area contributed by atoms with Gasteiger partial charge in [-0.15, -0.1) is 0 Å². The number of aromatic nitrogens is 12. The number of hydrogen-bond acceptors (Lipinski definition) is 10. The molecule has 6 aromatic heterocycles. The van der Waals surface area contributed by atoms with Crippen LogP contribution in [0, 0.1) is 0 Å². The molecule has 0 aliphatic heterocycles. The van der Waals surface area contributed by atoms with Gasteiger partial charge in [0.2, 0.25) is 0 Å². The van der Waals surface area contributed by atoms with Crippen LogP contribution in [0.2, 0.25) is 0 Å². The Morgan fingerprint density at radius 1 is 0.179 bits per heavy atom. The summed E-state index contributed by atoms with van der Waals surface area (Å²) in [6.45, 7) is 0. The molecule has 522 valence electrons. The molecule has 12 nitrogen and oxygen atoms in total. The van der Waals surface area contributed by atoms with Crippen LogP contribution in [0.4, 0.5) is 0 Å². The SMILES string of the molecule is c1ccc(-c2nc(-c3ccc(-c4cccc(-c5cccc(-c6nc7ccccc7n6-c6c7ccccc7c(-c7ccc(-c8nc(-c9ccccc9)nc(-c9ccccc9)n8)cc7)c7ccccc67)n5)c4)cc3)nc(-c3ccc(-c4c5ccccc5c(-n5c(-c6ccccn6)nc6ccccc65)c5ccccc45)cc3)n2)cc1. The Balaban J connectivity index is 0.604. The van der Waals surface area contributed by atoms with Gasteiger partial charge in [-0.05, 0) is 110 Å². The van der Waals surface area contributed by atoms with Gasteiger partial charge in [-0.3, -0.25) is 14.1 Å². The number of rotatable bonds is 14. The first-order chi connectivity index (χ1) is 55.5. The largest absolute Gasteiger partial charge is 0.290 e. The van der Waals surface area contributed by atoms with E-state index >= 15 is 0 Å². The first kappa shape index (κ1) is 64.9. The minimum atomic E-state index is 0.570. The van der Waals surface area contributed by atoms with Crippen molar-refractivity contribution in [2.24, 2.45) is 0 Å². The molecule has 0 fully saturated rings. The Labute approximate surface area is 643 Å². The van der Waals surface area contributed by atoms with Crippen molar-refractivity contribution >= 4 is 65.2 Å². The smallest absolute Gasteiger partial charge is 0.164 e. The fraction of sp³-hybridized carbons (Fsp3) is 0. The van der Waals surface area contributed by atoms with E-state index in [-0.39, 0.29) is 0 Å². The van der Waals surface area contributed by atoms with Crippen molar-refractivity contribution in [2.75, 3.05) is 0 Å². The van der Waals surface area contributed by atoms with Crippen LogP contribution in [0.25, 0.3) is 213 Å². The van der Waals surface area contributed by atoms with Gasteiger partial charge in [0, 0.05) is 66.7 Å². The molecular formula is C100H62N12. The molecule has 0 aliphatic carbocycles. The Morgan fingerprint density at radius 3 is 0.875 bits per heavy atom. The molecule has 21 rings (SSSR count). The number of nitrogens with zero attached hydrogens (tertiary/aromatic N) is 12. The van der Waals surface area contributed by atoms with Crippen molar-refractivity contribution in [3.63, 3.8) is 0 Å². The number of pyridine rings is 2. The molecule has 0 N–H and O–H groups in total. The van der Waals surface area contributed by atoms with Crippen LogP contribution >= 0.6 is 0 Å². The summed E-state index contributed by atoms with van der Waals surface area (Å²) in [6, 6.07) is 128. The Hall–Kier alpha value is -15.4. The molecule has 0 aliphatic rings. The van der Waals surface area contributed by atoms with E-state index in [0.717, 1.165) is 178 Å². The van der Waals surface area contributed by atoms with Gasteiger partial charge in [-0.1, -0.05) is 315 Å². The second kappa shape index (κ2) is 27.4. The first-order valence-corrected chi connectivity index (χ1v) is 37.4. The van der Waals surface area contributed by atoms with Gasteiger partial charge in [0.15, 0.2) is 46.6 Å². The normalized spacial score (nSPS) is 11.6. The second-order valence-electron chi connectivity index (χ2n) is 27.8. The highest BCUT2D eigenvalue weighted by molar-refractivity contribution is 6.20. The molecule has 0 bridgehead atoms. The fourth-order valence-electron chi connectivity index (χ4n) is 15.9. The Bertz CT molecular complexity index is 7040. The average molecular weight is 1430 g/mol. The number of imidazole rings is 2. The molecule has 0 unspecified atom stereocenters. The highest BCUT2D eigenvalue weighted by Crippen LogP contribution is 2.47. The topological polar surface area (TPSA) is 139 Å². The Morgan fingerprint density at radius 2 is 0.473 bits per heavy atom. The molecule has 15 aromatic carbocycles. The standard InChI is InChI=1S/C100H62N12/c1-4-26-66(27-5-1)93-105-94(67-28-6-2-7-29-67)107-97(106-93)70-57-51-65(52-58-70)90-76-36-12-16-40-80(76)92(81-41-17-13-37-77(81)90)112-88-48-21-19-43-84(88)104-100(112)86-46-25-45-82(102-86)73-33-24-32-72(62-73)63-49-55-69(56-50-63)96-108-95(68-30-8-3-9-31-68)109-98(110-96)71-59-53-64(54-60-71)89-74-34-10-14-38-78(74)91(79-39-15-11-35-75(79)89)111-87-47-20-18-42-83(87)103-99(111)85-44-22-23-61-101-85/h1-62H. The summed E-state index contributed by atoms with van der Waals surface area (Å²) >= 11 is 0. The van der Waals surface area contributed by atoms with Crippen LogP contribution in [0.1, 0.15) is 0 Å². The van der Waals surface area contributed by atoms with E-state index < -0.39 is 0 Å². The van der Waals surface area contributed by atoms with Crippen LogP contribution < -0.4 is 0 Å². The van der Waals surface area contributed by atoms with E-state index in [4.69, 9.17) is 49.8 Å².